The molecule has 68 valence electrons. The fourth-order valence-electron chi connectivity index (χ4n) is 1.02. The van der Waals surface area contributed by atoms with Crippen LogP contribution in [0.5, 0.6) is 0 Å². The first-order valence-corrected chi connectivity index (χ1v) is 4.74. The van der Waals surface area contributed by atoms with Crippen LogP contribution in [0.25, 0.3) is 0 Å². The molecule has 0 aliphatic rings. The number of nitrogens with zero attached hydrogens (tertiary/aromatic N) is 1. The zero-order chi connectivity index (χ0) is 9.84. The number of hydrogen-bond acceptors (Lipinski definition) is 1. The van der Waals surface area contributed by atoms with Gasteiger partial charge < -0.3 is 0 Å². The molecule has 0 bridgehead atoms. The summed E-state index contributed by atoms with van der Waals surface area (Å²) in [5.41, 5.74) is 1.49. The monoisotopic (exact) mass is 241 g/mol. The average molecular weight is 242 g/mol. The molecule has 0 aliphatic heterocycles. The van der Waals surface area contributed by atoms with Gasteiger partial charge in [-0.3, -0.25) is 4.39 Å². The highest BCUT2D eigenvalue weighted by Gasteiger charge is 2.06. The van der Waals surface area contributed by atoms with Crippen LogP contribution in [-0.2, 0) is 0 Å². The van der Waals surface area contributed by atoms with E-state index >= 15 is 0 Å². The van der Waals surface area contributed by atoms with Crippen molar-refractivity contribution in [3.05, 3.63) is 33.8 Å². The van der Waals surface area contributed by atoms with Crippen molar-refractivity contribution in [3.63, 3.8) is 0 Å². The molecule has 0 radical (unpaired) electrons. The van der Waals surface area contributed by atoms with E-state index in [0.29, 0.717) is 5.56 Å². The van der Waals surface area contributed by atoms with Crippen LogP contribution >= 0.6 is 15.9 Å². The maximum Gasteiger partial charge on any atom is 0.100 e. The molecular formula is C10H9BrFN. The van der Waals surface area contributed by atoms with Crippen LogP contribution in [-0.4, -0.2) is 6.67 Å². The summed E-state index contributed by atoms with van der Waals surface area (Å²) in [5.74, 6) is -0.107. The maximum atomic E-state index is 12.3. The number of rotatable bonds is 2. The molecule has 1 aromatic carbocycles. The molecule has 0 heterocycles. The summed E-state index contributed by atoms with van der Waals surface area (Å²) in [6.07, 6.45) is 0. The highest BCUT2D eigenvalue weighted by atomic mass is 79.9. The quantitative estimate of drug-likeness (QED) is 0.779. The second-order valence-corrected chi connectivity index (χ2v) is 3.76. The standard InChI is InChI=1S/C10H9BrFN/c1-7(5-12)8-2-3-9(6-13)10(11)4-8/h2-4,7H,5H2,1H3. The lowest BCUT2D eigenvalue weighted by molar-refractivity contribution is 0.447. The fraction of sp³-hybridized carbons (Fsp3) is 0.300. The van der Waals surface area contributed by atoms with E-state index in [2.05, 4.69) is 15.9 Å². The van der Waals surface area contributed by atoms with E-state index in [1.165, 1.54) is 0 Å². The van der Waals surface area contributed by atoms with Crippen LogP contribution < -0.4 is 0 Å². The van der Waals surface area contributed by atoms with Gasteiger partial charge in [0, 0.05) is 10.4 Å². The zero-order valence-electron chi connectivity index (χ0n) is 7.22. The minimum absolute atomic E-state index is 0.107. The van der Waals surface area contributed by atoms with Gasteiger partial charge in [-0.2, -0.15) is 5.26 Å². The summed E-state index contributed by atoms with van der Waals surface area (Å²) < 4.78 is 13.0. The molecule has 0 N–H and O–H groups in total. The first kappa shape index (κ1) is 10.2. The van der Waals surface area contributed by atoms with Crippen LogP contribution in [0.1, 0.15) is 24.0 Å². The van der Waals surface area contributed by atoms with Gasteiger partial charge in [-0.05, 0) is 33.6 Å². The van der Waals surface area contributed by atoms with Gasteiger partial charge in [0.25, 0.3) is 0 Å². The van der Waals surface area contributed by atoms with Crippen LogP contribution in [0.15, 0.2) is 22.7 Å². The molecule has 1 rings (SSSR count). The molecule has 13 heavy (non-hydrogen) atoms. The molecule has 0 spiro atoms. The normalized spacial score (nSPS) is 12.2. The average Bonchev–Trinajstić information content (AvgIpc) is 2.16. The third kappa shape index (κ3) is 2.28. The smallest absolute Gasteiger partial charge is 0.100 e. The number of nitriles is 1. The second-order valence-electron chi connectivity index (χ2n) is 2.91. The van der Waals surface area contributed by atoms with Gasteiger partial charge in [-0.25, -0.2) is 0 Å². The number of alkyl halides is 1. The SMILES string of the molecule is CC(CF)c1ccc(C#N)c(Br)c1. The molecule has 0 saturated carbocycles. The minimum atomic E-state index is -0.377. The molecule has 0 fully saturated rings. The van der Waals surface area contributed by atoms with Crippen LogP contribution in [0.3, 0.4) is 0 Å². The van der Waals surface area contributed by atoms with E-state index in [-0.39, 0.29) is 12.6 Å². The van der Waals surface area contributed by atoms with Gasteiger partial charge in [-0.1, -0.05) is 13.0 Å². The third-order valence-corrected chi connectivity index (χ3v) is 2.57. The van der Waals surface area contributed by atoms with Crippen molar-refractivity contribution in [1.29, 1.82) is 5.26 Å². The topological polar surface area (TPSA) is 23.8 Å². The van der Waals surface area contributed by atoms with E-state index in [1.807, 2.05) is 13.0 Å². The fourth-order valence-corrected chi connectivity index (χ4v) is 1.50. The summed E-state index contributed by atoms with van der Waals surface area (Å²) in [7, 11) is 0. The second kappa shape index (κ2) is 4.38. The molecule has 1 nitrogen and oxygen atoms in total. The summed E-state index contributed by atoms with van der Waals surface area (Å²) in [6.45, 7) is 1.44. The Hall–Kier alpha value is -0.880. The van der Waals surface area contributed by atoms with Gasteiger partial charge in [0.1, 0.15) is 6.07 Å². The molecule has 0 amide bonds. The summed E-state index contributed by atoms with van der Waals surface area (Å²) >= 11 is 3.26. The van der Waals surface area contributed by atoms with Crippen LogP contribution in [0.4, 0.5) is 4.39 Å². The predicted octanol–water partition coefficient (Wildman–Crippen LogP) is 3.39. The van der Waals surface area contributed by atoms with Crippen molar-refractivity contribution < 1.29 is 4.39 Å². The first-order valence-electron chi connectivity index (χ1n) is 3.94. The molecule has 0 saturated heterocycles. The van der Waals surface area contributed by atoms with Crippen molar-refractivity contribution in [2.45, 2.75) is 12.8 Å². The van der Waals surface area contributed by atoms with Crippen molar-refractivity contribution in [2.75, 3.05) is 6.67 Å². The maximum absolute atomic E-state index is 12.3. The first-order chi connectivity index (χ1) is 6.19. The van der Waals surface area contributed by atoms with Gasteiger partial charge in [0.2, 0.25) is 0 Å². The minimum Gasteiger partial charge on any atom is -0.250 e. The third-order valence-electron chi connectivity index (χ3n) is 1.91. The molecule has 0 aromatic heterocycles. The number of halogens is 2. The Bertz CT molecular complexity index is 343. The molecule has 1 atom stereocenters. The Morgan fingerprint density at radius 2 is 2.31 bits per heavy atom. The Morgan fingerprint density at radius 3 is 2.77 bits per heavy atom. The van der Waals surface area contributed by atoms with E-state index in [4.69, 9.17) is 5.26 Å². The predicted molar refractivity (Wildman–Crippen MR) is 53.2 cm³/mol. The van der Waals surface area contributed by atoms with Gasteiger partial charge >= 0.3 is 0 Å². The lowest BCUT2D eigenvalue weighted by Gasteiger charge is -2.07. The highest BCUT2D eigenvalue weighted by Crippen LogP contribution is 2.23. The van der Waals surface area contributed by atoms with Crippen molar-refractivity contribution >= 4 is 15.9 Å². The zero-order valence-corrected chi connectivity index (χ0v) is 8.81. The molecule has 3 heteroatoms. The lowest BCUT2D eigenvalue weighted by atomic mass is 10.0. The molecular weight excluding hydrogens is 233 g/mol. The molecule has 1 unspecified atom stereocenters. The molecule has 1 aromatic rings. The Labute approximate surface area is 85.3 Å². The van der Waals surface area contributed by atoms with Gasteiger partial charge in [-0.15, -0.1) is 0 Å². The van der Waals surface area contributed by atoms with Crippen molar-refractivity contribution in [2.24, 2.45) is 0 Å². The number of hydrogen-bond donors (Lipinski definition) is 0. The van der Waals surface area contributed by atoms with E-state index in [9.17, 15) is 4.39 Å². The summed E-state index contributed by atoms with van der Waals surface area (Å²) in [6, 6.07) is 7.32. The van der Waals surface area contributed by atoms with E-state index in [0.717, 1.165) is 10.0 Å². The van der Waals surface area contributed by atoms with Crippen molar-refractivity contribution in [3.8, 4) is 6.07 Å². The van der Waals surface area contributed by atoms with Crippen LogP contribution in [0, 0.1) is 11.3 Å². The van der Waals surface area contributed by atoms with Crippen LogP contribution in [0.2, 0.25) is 0 Å². The van der Waals surface area contributed by atoms with Gasteiger partial charge in [0.15, 0.2) is 0 Å². The summed E-state index contributed by atoms with van der Waals surface area (Å²) in [4.78, 5) is 0. The molecule has 0 aliphatic carbocycles. The van der Waals surface area contributed by atoms with E-state index < -0.39 is 0 Å². The number of benzene rings is 1. The van der Waals surface area contributed by atoms with Crippen molar-refractivity contribution in [1.82, 2.24) is 0 Å². The van der Waals surface area contributed by atoms with Gasteiger partial charge in [0.05, 0.1) is 12.2 Å². The Kier molecular flexibility index (Phi) is 3.44. The summed E-state index contributed by atoms with van der Waals surface area (Å²) in [5, 5.41) is 8.65. The highest BCUT2D eigenvalue weighted by molar-refractivity contribution is 9.10. The lowest BCUT2D eigenvalue weighted by Crippen LogP contribution is -1.95. The Balaban J connectivity index is 3.04. The van der Waals surface area contributed by atoms with E-state index in [1.54, 1.807) is 18.2 Å². The Morgan fingerprint density at radius 1 is 1.62 bits per heavy atom. The largest absolute Gasteiger partial charge is 0.250 e.